The maximum atomic E-state index is 14.8. The third-order valence-corrected chi connectivity index (χ3v) is 5.80. The first-order valence-corrected chi connectivity index (χ1v) is 10.6. The molecule has 32 heavy (non-hydrogen) atoms. The molecular weight excluding hydrogens is 435 g/mol. The predicted molar refractivity (Wildman–Crippen MR) is 121 cm³/mol. The van der Waals surface area contributed by atoms with Crippen LogP contribution in [0.15, 0.2) is 42.5 Å². The highest BCUT2D eigenvalue weighted by molar-refractivity contribution is 7.19. The van der Waals surface area contributed by atoms with E-state index in [1.165, 1.54) is 18.2 Å². The van der Waals surface area contributed by atoms with Crippen LogP contribution in [0.3, 0.4) is 0 Å². The van der Waals surface area contributed by atoms with Gasteiger partial charge in [0.2, 0.25) is 0 Å². The third kappa shape index (κ3) is 5.28. The van der Waals surface area contributed by atoms with Gasteiger partial charge in [-0.2, -0.15) is 0 Å². The highest BCUT2D eigenvalue weighted by Crippen LogP contribution is 2.38. The zero-order valence-corrected chi connectivity index (χ0v) is 18.1. The van der Waals surface area contributed by atoms with Crippen molar-refractivity contribution in [1.29, 1.82) is 0 Å². The highest BCUT2D eigenvalue weighted by atomic mass is 32.1. The number of aliphatic hydroxyl groups excluding tert-OH is 2. The van der Waals surface area contributed by atoms with Crippen molar-refractivity contribution < 1.29 is 24.2 Å². The molecule has 0 radical (unpaired) electrons. The minimum atomic E-state index is -0.697. The van der Waals surface area contributed by atoms with Crippen molar-refractivity contribution in [1.82, 2.24) is 10.3 Å². The van der Waals surface area contributed by atoms with E-state index in [-0.39, 0.29) is 36.9 Å². The first kappa shape index (κ1) is 23.3. The standard InChI is InChI=1S/C22H23FN4O4S/c1-12(11-29)13-5-6-14(16(23)9-13)18-10-15(20(24)30)22(32-18)27-19-4-2-3-17(26-19)21(31)25-7-8-28/h2-6,9-10,12,28-29H,7-8,11H2,1H3,(H2,24,30)(H,25,31)(H,26,27). The molecule has 168 valence electrons. The molecule has 1 aromatic carbocycles. The van der Waals surface area contributed by atoms with E-state index >= 15 is 0 Å². The fraction of sp³-hybridized carbons (Fsp3) is 0.227. The Kier molecular flexibility index (Phi) is 7.52. The van der Waals surface area contributed by atoms with Crippen molar-refractivity contribution in [2.24, 2.45) is 5.73 Å². The number of hydrogen-bond donors (Lipinski definition) is 5. The second-order valence-electron chi connectivity index (χ2n) is 7.05. The lowest BCUT2D eigenvalue weighted by atomic mass is 9.99. The lowest BCUT2D eigenvalue weighted by molar-refractivity contribution is 0.0939. The van der Waals surface area contributed by atoms with E-state index < -0.39 is 17.6 Å². The van der Waals surface area contributed by atoms with Gasteiger partial charge in [0, 0.05) is 29.5 Å². The van der Waals surface area contributed by atoms with E-state index in [2.05, 4.69) is 15.6 Å². The number of thiophene rings is 1. The smallest absolute Gasteiger partial charge is 0.270 e. The number of nitrogens with one attached hydrogen (secondary N) is 2. The van der Waals surface area contributed by atoms with Crippen LogP contribution in [0.4, 0.5) is 15.2 Å². The summed E-state index contributed by atoms with van der Waals surface area (Å²) < 4.78 is 14.8. The van der Waals surface area contributed by atoms with Crippen LogP contribution >= 0.6 is 11.3 Å². The van der Waals surface area contributed by atoms with Gasteiger partial charge in [0.15, 0.2) is 0 Å². The van der Waals surface area contributed by atoms with E-state index in [1.807, 2.05) is 0 Å². The van der Waals surface area contributed by atoms with Gasteiger partial charge >= 0.3 is 0 Å². The molecule has 0 saturated heterocycles. The van der Waals surface area contributed by atoms with Gasteiger partial charge in [0.05, 0.1) is 12.2 Å². The number of carbonyl (C=O) groups is 2. The Morgan fingerprint density at radius 1 is 1.22 bits per heavy atom. The molecule has 2 heterocycles. The van der Waals surface area contributed by atoms with Crippen LogP contribution in [0.2, 0.25) is 0 Å². The normalized spacial score (nSPS) is 11.8. The number of nitrogens with zero attached hydrogens (tertiary/aromatic N) is 1. The largest absolute Gasteiger partial charge is 0.396 e. The van der Waals surface area contributed by atoms with Crippen molar-refractivity contribution >= 4 is 34.0 Å². The van der Waals surface area contributed by atoms with E-state index in [1.54, 1.807) is 31.2 Å². The molecule has 6 N–H and O–H groups in total. The van der Waals surface area contributed by atoms with Crippen molar-refractivity contribution in [3.8, 4) is 10.4 Å². The number of amides is 2. The average Bonchev–Trinajstić information content (AvgIpc) is 3.20. The predicted octanol–water partition coefficient (Wildman–Crippen LogP) is 2.61. The summed E-state index contributed by atoms with van der Waals surface area (Å²) in [4.78, 5) is 28.7. The molecule has 0 fully saturated rings. The van der Waals surface area contributed by atoms with Crippen molar-refractivity contribution in [3.63, 3.8) is 0 Å². The molecule has 2 aromatic heterocycles. The molecule has 10 heteroatoms. The third-order valence-electron chi connectivity index (χ3n) is 4.72. The number of hydrogen-bond acceptors (Lipinski definition) is 7. The molecule has 3 aromatic rings. The minimum Gasteiger partial charge on any atom is -0.396 e. The molecule has 0 aliphatic heterocycles. The Bertz CT molecular complexity index is 1130. The summed E-state index contributed by atoms with van der Waals surface area (Å²) in [5.41, 5.74) is 6.76. The number of anilines is 2. The first-order valence-electron chi connectivity index (χ1n) is 9.81. The highest BCUT2D eigenvalue weighted by Gasteiger charge is 2.19. The van der Waals surface area contributed by atoms with Gasteiger partial charge in [-0.15, -0.1) is 11.3 Å². The number of nitrogens with two attached hydrogens (primary N) is 1. The fourth-order valence-corrected chi connectivity index (χ4v) is 4.05. The van der Waals surface area contributed by atoms with Crippen LogP contribution in [0, 0.1) is 5.82 Å². The second kappa shape index (κ2) is 10.3. The molecule has 2 amide bonds. The zero-order chi connectivity index (χ0) is 23.3. The van der Waals surface area contributed by atoms with Crippen LogP contribution in [0.5, 0.6) is 0 Å². The number of carbonyl (C=O) groups excluding carboxylic acids is 2. The van der Waals surface area contributed by atoms with Crippen LogP contribution < -0.4 is 16.4 Å². The van der Waals surface area contributed by atoms with Crippen LogP contribution in [-0.2, 0) is 0 Å². The number of rotatable bonds is 9. The topological polar surface area (TPSA) is 138 Å². The van der Waals surface area contributed by atoms with Crippen LogP contribution in [-0.4, -0.2) is 46.8 Å². The van der Waals surface area contributed by atoms with Crippen molar-refractivity contribution in [2.45, 2.75) is 12.8 Å². The molecule has 1 atom stereocenters. The fourth-order valence-electron chi connectivity index (χ4n) is 2.95. The summed E-state index contributed by atoms with van der Waals surface area (Å²) in [7, 11) is 0. The van der Waals surface area contributed by atoms with Crippen molar-refractivity contribution in [3.05, 3.63) is 65.1 Å². The Morgan fingerprint density at radius 2 is 2.00 bits per heavy atom. The molecule has 0 spiro atoms. The van der Waals surface area contributed by atoms with Gasteiger partial charge in [-0.05, 0) is 29.8 Å². The van der Waals surface area contributed by atoms with Crippen LogP contribution in [0.25, 0.3) is 10.4 Å². The summed E-state index contributed by atoms with van der Waals surface area (Å²) in [6, 6.07) is 10.9. The van der Waals surface area contributed by atoms with Gasteiger partial charge in [-0.3, -0.25) is 9.59 Å². The van der Waals surface area contributed by atoms with E-state index in [9.17, 15) is 19.1 Å². The summed E-state index contributed by atoms with van der Waals surface area (Å²) in [6.45, 7) is 1.60. The maximum absolute atomic E-state index is 14.8. The number of benzene rings is 1. The molecule has 0 aliphatic rings. The molecule has 3 rings (SSSR count). The van der Waals surface area contributed by atoms with Gasteiger partial charge in [-0.25, -0.2) is 9.37 Å². The maximum Gasteiger partial charge on any atom is 0.270 e. The second-order valence-corrected chi connectivity index (χ2v) is 8.11. The van der Waals surface area contributed by atoms with Crippen LogP contribution in [0.1, 0.15) is 39.3 Å². The number of halogens is 1. The Hall–Kier alpha value is -3.34. The summed E-state index contributed by atoms with van der Waals surface area (Å²) in [5.74, 6) is -1.53. The molecule has 0 saturated carbocycles. The molecule has 8 nitrogen and oxygen atoms in total. The summed E-state index contributed by atoms with van der Waals surface area (Å²) >= 11 is 1.12. The monoisotopic (exact) mass is 458 g/mol. The molecule has 0 bridgehead atoms. The van der Waals surface area contributed by atoms with Gasteiger partial charge in [-0.1, -0.05) is 25.1 Å². The lowest BCUT2D eigenvalue weighted by Gasteiger charge is -2.10. The van der Waals surface area contributed by atoms with Gasteiger partial charge in [0.1, 0.15) is 22.3 Å². The quantitative estimate of drug-likeness (QED) is 0.334. The number of primary amides is 1. The van der Waals surface area contributed by atoms with E-state index in [4.69, 9.17) is 10.8 Å². The number of aliphatic hydroxyl groups is 2. The summed E-state index contributed by atoms with van der Waals surface area (Å²) in [5, 5.41) is 24.0. The van der Waals surface area contributed by atoms with Crippen molar-refractivity contribution in [2.75, 3.05) is 25.1 Å². The Balaban J connectivity index is 1.91. The van der Waals surface area contributed by atoms with Gasteiger partial charge in [0.25, 0.3) is 11.8 Å². The Labute approximate surface area is 187 Å². The molecule has 1 unspecified atom stereocenters. The number of pyridine rings is 1. The average molecular weight is 459 g/mol. The SMILES string of the molecule is CC(CO)c1ccc(-c2cc(C(N)=O)c(Nc3cccc(C(=O)NCCO)n3)s2)c(F)c1. The lowest BCUT2D eigenvalue weighted by Crippen LogP contribution is -2.27. The minimum absolute atomic E-state index is 0.0955. The van der Waals surface area contributed by atoms with E-state index in [0.29, 0.717) is 26.8 Å². The molecular formula is C22H23FN4O4S. The molecule has 0 aliphatic carbocycles. The van der Waals surface area contributed by atoms with E-state index in [0.717, 1.165) is 11.3 Å². The zero-order valence-electron chi connectivity index (χ0n) is 17.3. The summed E-state index contributed by atoms with van der Waals surface area (Å²) in [6.07, 6.45) is 0. The van der Waals surface area contributed by atoms with Gasteiger partial charge < -0.3 is 26.6 Å². The number of aromatic nitrogens is 1. The Morgan fingerprint density at radius 3 is 2.66 bits per heavy atom. The first-order chi connectivity index (χ1) is 15.3.